The second-order valence-corrected chi connectivity index (χ2v) is 8.44. The maximum absolute atomic E-state index is 12.7. The van der Waals surface area contributed by atoms with E-state index in [1.165, 1.54) is 12.1 Å². The van der Waals surface area contributed by atoms with E-state index >= 15 is 0 Å². The van der Waals surface area contributed by atoms with Gasteiger partial charge in [0.15, 0.2) is 6.61 Å². The highest BCUT2D eigenvalue weighted by Gasteiger charge is 2.28. The number of urea groups is 1. The molecule has 1 unspecified atom stereocenters. The number of para-hydroxylation sites is 1. The Morgan fingerprint density at radius 2 is 1.80 bits per heavy atom. The molecule has 11 heteroatoms. The lowest BCUT2D eigenvalue weighted by atomic mass is 10.1. The summed E-state index contributed by atoms with van der Waals surface area (Å²) in [5, 5.41) is 3.47. The predicted molar refractivity (Wildman–Crippen MR) is 124 cm³/mol. The number of piperazine rings is 1. The van der Waals surface area contributed by atoms with Crippen LogP contribution in [0.5, 0.6) is 5.75 Å². The Bertz CT molecular complexity index is 1220. The van der Waals surface area contributed by atoms with E-state index < -0.39 is 12.8 Å². The Morgan fingerprint density at radius 1 is 1.11 bits per heavy atom. The number of rotatable bonds is 6. The van der Waals surface area contributed by atoms with E-state index in [2.05, 4.69) is 20.2 Å². The van der Waals surface area contributed by atoms with Crippen molar-refractivity contribution in [1.82, 2.24) is 25.1 Å². The van der Waals surface area contributed by atoms with Crippen molar-refractivity contribution in [2.45, 2.75) is 25.7 Å². The van der Waals surface area contributed by atoms with Crippen molar-refractivity contribution in [3.8, 4) is 5.75 Å². The first-order valence-electron chi connectivity index (χ1n) is 11.2. The molecule has 8 nitrogen and oxygen atoms in total. The average Bonchev–Trinajstić information content (AvgIpc) is 2.83. The van der Waals surface area contributed by atoms with Gasteiger partial charge in [-0.1, -0.05) is 24.3 Å². The topological polar surface area (TPSA) is 90.6 Å². The van der Waals surface area contributed by atoms with Crippen LogP contribution in [0.1, 0.15) is 24.4 Å². The molecule has 2 aromatic carbocycles. The summed E-state index contributed by atoms with van der Waals surface area (Å²) in [5.74, 6) is 0.700. The molecule has 1 aliphatic rings. The van der Waals surface area contributed by atoms with Crippen molar-refractivity contribution in [1.29, 1.82) is 0 Å². The predicted octanol–water partition coefficient (Wildman–Crippen LogP) is 3.45. The zero-order valence-corrected chi connectivity index (χ0v) is 19.1. The van der Waals surface area contributed by atoms with Crippen LogP contribution >= 0.6 is 0 Å². The molecule has 2 N–H and O–H groups in total. The van der Waals surface area contributed by atoms with E-state index in [0.29, 0.717) is 49.5 Å². The zero-order chi connectivity index (χ0) is 25.0. The third kappa shape index (κ3) is 6.50. The monoisotopic (exact) mass is 489 g/mol. The number of aromatic nitrogens is 2. The van der Waals surface area contributed by atoms with Crippen molar-refractivity contribution < 1.29 is 22.7 Å². The lowest BCUT2D eigenvalue weighted by molar-refractivity contribution is -0.153. The number of hydrogen-bond donors (Lipinski definition) is 2. The van der Waals surface area contributed by atoms with Crippen LogP contribution in [-0.4, -0.2) is 64.8 Å². The Balaban J connectivity index is 1.26. The molecule has 0 radical (unpaired) electrons. The van der Waals surface area contributed by atoms with Gasteiger partial charge in [0.1, 0.15) is 11.6 Å². The highest BCUT2D eigenvalue weighted by molar-refractivity contribution is 5.77. The molecule has 1 aromatic heterocycles. The number of benzene rings is 2. The Kier molecular flexibility index (Phi) is 7.25. The van der Waals surface area contributed by atoms with Gasteiger partial charge in [-0.2, -0.15) is 13.2 Å². The van der Waals surface area contributed by atoms with Crippen LogP contribution in [0.25, 0.3) is 10.9 Å². The van der Waals surface area contributed by atoms with Crippen molar-refractivity contribution in [3.05, 3.63) is 70.3 Å². The average molecular weight is 489 g/mol. The van der Waals surface area contributed by atoms with Gasteiger partial charge in [-0.15, -0.1) is 0 Å². The van der Waals surface area contributed by atoms with Gasteiger partial charge in [0.05, 0.1) is 23.5 Å². The van der Waals surface area contributed by atoms with E-state index in [1.807, 2.05) is 13.0 Å². The fraction of sp³-hybridized carbons (Fsp3) is 0.375. The number of nitrogens with one attached hydrogen (secondary N) is 2. The molecule has 1 aliphatic heterocycles. The van der Waals surface area contributed by atoms with Crippen LogP contribution in [0.2, 0.25) is 0 Å². The summed E-state index contributed by atoms with van der Waals surface area (Å²) in [6.07, 6.45) is -4.40. The number of alkyl halides is 3. The number of halogens is 3. The summed E-state index contributed by atoms with van der Waals surface area (Å²) < 4.78 is 41.5. The van der Waals surface area contributed by atoms with Gasteiger partial charge < -0.3 is 19.9 Å². The minimum Gasteiger partial charge on any atom is -0.484 e. The van der Waals surface area contributed by atoms with Crippen LogP contribution in [0.3, 0.4) is 0 Å². The minimum atomic E-state index is -4.40. The highest BCUT2D eigenvalue weighted by atomic mass is 19.4. The SMILES string of the molecule is CC(NC(=O)N1CCN(Cc2nc3ccccc3c(=O)[nH]2)CC1)c1ccc(OCC(F)(F)F)cc1. The molecular formula is C24H26F3N5O3. The first-order valence-corrected chi connectivity index (χ1v) is 11.2. The molecule has 1 atom stereocenters. The molecule has 0 aliphatic carbocycles. The number of amides is 2. The number of carbonyl (C=O) groups excluding carboxylic acids is 1. The number of ether oxygens (including phenoxy) is 1. The number of aromatic amines is 1. The Labute approximate surface area is 199 Å². The van der Waals surface area contributed by atoms with Gasteiger partial charge >= 0.3 is 12.2 Å². The van der Waals surface area contributed by atoms with Gasteiger partial charge in [-0.3, -0.25) is 9.69 Å². The molecular weight excluding hydrogens is 463 g/mol. The van der Waals surface area contributed by atoms with Gasteiger partial charge in [0.25, 0.3) is 5.56 Å². The third-order valence-electron chi connectivity index (χ3n) is 5.82. The van der Waals surface area contributed by atoms with Crippen LogP contribution in [0, 0.1) is 0 Å². The Hall–Kier alpha value is -3.60. The number of H-pyrrole nitrogens is 1. The molecule has 0 bridgehead atoms. The first-order chi connectivity index (χ1) is 16.7. The van der Waals surface area contributed by atoms with Crippen LogP contribution in [0.15, 0.2) is 53.3 Å². The lowest BCUT2D eigenvalue weighted by Crippen LogP contribution is -2.51. The van der Waals surface area contributed by atoms with Crippen molar-refractivity contribution in [3.63, 3.8) is 0 Å². The first kappa shape index (κ1) is 24.5. The zero-order valence-electron chi connectivity index (χ0n) is 19.1. The second kappa shape index (κ2) is 10.3. The molecule has 3 aromatic rings. The van der Waals surface area contributed by atoms with E-state index in [0.717, 1.165) is 5.56 Å². The summed E-state index contributed by atoms with van der Waals surface area (Å²) in [6, 6.07) is 12.8. The molecule has 2 heterocycles. The standard InChI is InChI=1S/C24H26F3N5O3/c1-16(17-6-8-18(9-7-17)35-15-24(25,26)27)28-23(34)32-12-10-31(11-13-32)14-21-29-20-5-3-2-4-19(20)22(33)30-21/h2-9,16H,10-15H2,1H3,(H,28,34)(H,29,30,33). The van der Waals surface area contributed by atoms with Gasteiger partial charge in [-0.25, -0.2) is 9.78 Å². The maximum Gasteiger partial charge on any atom is 0.422 e. The van der Waals surface area contributed by atoms with E-state index in [4.69, 9.17) is 4.74 Å². The summed E-state index contributed by atoms with van der Waals surface area (Å²) >= 11 is 0. The molecule has 4 rings (SSSR count). The van der Waals surface area contributed by atoms with Gasteiger partial charge in [-0.05, 0) is 36.8 Å². The summed E-state index contributed by atoms with van der Waals surface area (Å²) in [6.45, 7) is 3.22. The molecule has 2 amide bonds. The number of nitrogens with zero attached hydrogens (tertiary/aromatic N) is 3. The van der Waals surface area contributed by atoms with Crippen molar-refractivity contribution >= 4 is 16.9 Å². The van der Waals surface area contributed by atoms with E-state index in [1.54, 1.807) is 35.2 Å². The molecule has 1 fully saturated rings. The van der Waals surface area contributed by atoms with Crippen LogP contribution in [0.4, 0.5) is 18.0 Å². The van der Waals surface area contributed by atoms with Crippen molar-refractivity contribution in [2.75, 3.05) is 32.8 Å². The van der Waals surface area contributed by atoms with Crippen molar-refractivity contribution in [2.24, 2.45) is 0 Å². The van der Waals surface area contributed by atoms with Crippen LogP contribution < -0.4 is 15.6 Å². The van der Waals surface area contributed by atoms with Crippen LogP contribution in [-0.2, 0) is 6.54 Å². The highest BCUT2D eigenvalue weighted by Crippen LogP contribution is 2.21. The fourth-order valence-electron chi connectivity index (χ4n) is 3.91. The van der Waals surface area contributed by atoms with Gasteiger partial charge in [0.2, 0.25) is 0 Å². The lowest BCUT2D eigenvalue weighted by Gasteiger charge is -2.35. The minimum absolute atomic E-state index is 0.114. The fourth-order valence-corrected chi connectivity index (χ4v) is 3.91. The quantitative estimate of drug-likeness (QED) is 0.554. The number of carbonyl (C=O) groups is 1. The normalized spacial score (nSPS) is 15.7. The smallest absolute Gasteiger partial charge is 0.422 e. The largest absolute Gasteiger partial charge is 0.484 e. The maximum atomic E-state index is 12.7. The molecule has 0 spiro atoms. The Morgan fingerprint density at radius 3 is 2.49 bits per heavy atom. The molecule has 1 saturated heterocycles. The number of hydrogen-bond acceptors (Lipinski definition) is 5. The third-order valence-corrected chi connectivity index (χ3v) is 5.82. The summed E-state index contributed by atoms with van der Waals surface area (Å²) in [5.41, 5.74) is 1.23. The molecule has 186 valence electrons. The van der Waals surface area contributed by atoms with E-state index in [9.17, 15) is 22.8 Å². The van der Waals surface area contributed by atoms with E-state index in [-0.39, 0.29) is 23.4 Å². The summed E-state index contributed by atoms with van der Waals surface area (Å²) in [4.78, 5) is 36.2. The second-order valence-electron chi connectivity index (χ2n) is 8.44. The number of fused-ring (bicyclic) bond motifs is 1. The molecule has 35 heavy (non-hydrogen) atoms. The molecule has 0 saturated carbocycles. The van der Waals surface area contributed by atoms with Gasteiger partial charge in [0, 0.05) is 26.2 Å². The summed E-state index contributed by atoms with van der Waals surface area (Å²) in [7, 11) is 0.